The van der Waals surface area contributed by atoms with Gasteiger partial charge in [-0.25, -0.2) is 9.59 Å². The lowest BCUT2D eigenvalue weighted by Gasteiger charge is -2.39. The van der Waals surface area contributed by atoms with Gasteiger partial charge in [0, 0.05) is 36.9 Å². The SMILES string of the molecule is C=CCOC(=O)O[C@H](C)[C@H]1C(=O)N[C@@H]1CC(=O)SC1CCN(C(C)=NC(=O)OCc2ccc([N+](=O)[O-])cc2)C1. The van der Waals surface area contributed by atoms with Gasteiger partial charge >= 0.3 is 12.2 Å². The van der Waals surface area contributed by atoms with Gasteiger partial charge in [-0.2, -0.15) is 4.99 Å². The van der Waals surface area contributed by atoms with Crippen LogP contribution >= 0.6 is 11.8 Å². The maximum absolute atomic E-state index is 12.7. The van der Waals surface area contributed by atoms with Gasteiger partial charge < -0.3 is 24.4 Å². The van der Waals surface area contributed by atoms with Crippen LogP contribution in [-0.2, 0) is 30.4 Å². The predicted octanol–water partition coefficient (Wildman–Crippen LogP) is 3.22. The van der Waals surface area contributed by atoms with Gasteiger partial charge in [0.1, 0.15) is 25.2 Å². The molecule has 210 valence electrons. The molecule has 4 atom stereocenters. The first-order valence-corrected chi connectivity index (χ1v) is 13.1. The highest BCUT2D eigenvalue weighted by Gasteiger charge is 2.46. The maximum Gasteiger partial charge on any atom is 0.508 e. The summed E-state index contributed by atoms with van der Waals surface area (Å²) < 4.78 is 15.0. The molecule has 0 aromatic heterocycles. The number of rotatable bonds is 10. The van der Waals surface area contributed by atoms with Gasteiger partial charge in [-0.15, -0.1) is 0 Å². The monoisotopic (exact) mass is 562 g/mol. The normalized spacial score (nSPS) is 21.3. The molecule has 0 bridgehead atoms. The molecule has 2 amide bonds. The van der Waals surface area contributed by atoms with Crippen molar-refractivity contribution in [2.75, 3.05) is 19.7 Å². The summed E-state index contributed by atoms with van der Waals surface area (Å²) in [6.45, 7) is 7.74. The third-order valence-electron chi connectivity index (χ3n) is 6.22. The van der Waals surface area contributed by atoms with Crippen molar-refractivity contribution in [3.8, 4) is 0 Å². The van der Waals surface area contributed by atoms with Crippen LogP contribution in [0, 0.1) is 16.0 Å². The molecule has 2 aliphatic heterocycles. The quantitative estimate of drug-likeness (QED) is 0.0846. The average molecular weight is 563 g/mol. The Morgan fingerprint density at radius 3 is 2.67 bits per heavy atom. The Morgan fingerprint density at radius 1 is 1.31 bits per heavy atom. The molecule has 39 heavy (non-hydrogen) atoms. The Morgan fingerprint density at radius 2 is 2.03 bits per heavy atom. The molecule has 14 heteroatoms. The van der Waals surface area contributed by atoms with E-state index in [1.165, 1.54) is 42.1 Å². The number of β-lactam (4-membered cyclic amide) rings is 1. The van der Waals surface area contributed by atoms with Crippen LogP contribution in [0.1, 0.15) is 32.3 Å². The molecule has 2 aliphatic rings. The van der Waals surface area contributed by atoms with Crippen molar-refractivity contribution in [1.29, 1.82) is 0 Å². The molecule has 1 N–H and O–H groups in total. The van der Waals surface area contributed by atoms with E-state index in [1.807, 2.05) is 4.90 Å². The van der Waals surface area contributed by atoms with Crippen LogP contribution in [0.25, 0.3) is 0 Å². The van der Waals surface area contributed by atoms with Crippen LogP contribution in [0.4, 0.5) is 15.3 Å². The smallest absolute Gasteiger partial charge is 0.443 e. The van der Waals surface area contributed by atoms with Crippen molar-refractivity contribution in [2.45, 2.75) is 50.7 Å². The van der Waals surface area contributed by atoms with Crippen molar-refractivity contribution in [1.82, 2.24) is 10.2 Å². The molecule has 1 aromatic rings. The topological polar surface area (TPSA) is 167 Å². The number of hydrogen-bond donors (Lipinski definition) is 1. The number of aliphatic imine (C=N–C) groups is 1. The standard InChI is InChI=1S/C25H30N4O9S/c1-4-11-36-25(33)38-15(2)22-20(27-23(22)31)12-21(30)39-19-9-10-28(13-19)16(3)26-24(32)37-14-17-5-7-18(8-6-17)29(34)35/h4-8,15,19-20,22H,1,9-14H2,2-3H3,(H,27,31)/t15-,19?,20-,22-/m1/s1. The summed E-state index contributed by atoms with van der Waals surface area (Å²) in [4.78, 5) is 64.5. The van der Waals surface area contributed by atoms with Gasteiger partial charge in [-0.1, -0.05) is 24.4 Å². The lowest BCUT2D eigenvalue weighted by Crippen LogP contribution is -2.62. The Balaban J connectivity index is 1.41. The van der Waals surface area contributed by atoms with Crippen molar-refractivity contribution in [2.24, 2.45) is 10.9 Å². The third-order valence-corrected chi connectivity index (χ3v) is 7.37. The minimum absolute atomic E-state index is 0.00702. The Kier molecular flexibility index (Phi) is 10.4. The van der Waals surface area contributed by atoms with E-state index in [4.69, 9.17) is 14.2 Å². The molecule has 0 aliphatic carbocycles. The van der Waals surface area contributed by atoms with Gasteiger partial charge in [0.05, 0.1) is 16.9 Å². The first kappa shape index (κ1) is 29.6. The number of hydrogen-bond acceptors (Lipinski definition) is 10. The lowest BCUT2D eigenvalue weighted by molar-refractivity contribution is -0.384. The van der Waals surface area contributed by atoms with Crippen LogP contribution in [0.2, 0.25) is 0 Å². The number of amidine groups is 1. The van der Waals surface area contributed by atoms with Gasteiger partial charge in [-0.3, -0.25) is 19.7 Å². The molecule has 3 rings (SSSR count). The minimum atomic E-state index is -0.903. The van der Waals surface area contributed by atoms with E-state index in [0.717, 1.165) is 0 Å². The molecule has 2 heterocycles. The first-order valence-electron chi connectivity index (χ1n) is 12.2. The minimum Gasteiger partial charge on any atom is -0.443 e. The summed E-state index contributed by atoms with van der Waals surface area (Å²) in [6, 6.07) is 5.23. The van der Waals surface area contributed by atoms with Crippen LogP contribution in [-0.4, -0.2) is 76.0 Å². The fourth-order valence-electron chi connectivity index (χ4n) is 4.19. The molecular formula is C25H30N4O9S. The molecule has 2 fully saturated rings. The summed E-state index contributed by atoms with van der Waals surface area (Å²) >= 11 is 1.18. The number of carbonyl (C=O) groups is 4. The molecule has 1 aromatic carbocycles. The number of carbonyl (C=O) groups excluding carboxylic acids is 4. The predicted molar refractivity (Wildman–Crippen MR) is 141 cm³/mol. The van der Waals surface area contributed by atoms with Gasteiger partial charge in [0.25, 0.3) is 5.69 Å². The fourth-order valence-corrected chi connectivity index (χ4v) is 5.31. The summed E-state index contributed by atoms with van der Waals surface area (Å²) in [7, 11) is 0. The zero-order valence-corrected chi connectivity index (χ0v) is 22.4. The van der Waals surface area contributed by atoms with Gasteiger partial charge in [0.2, 0.25) is 5.91 Å². The number of amides is 2. The number of thioether (sulfide) groups is 1. The van der Waals surface area contributed by atoms with E-state index < -0.39 is 35.2 Å². The van der Waals surface area contributed by atoms with Crippen molar-refractivity contribution in [3.63, 3.8) is 0 Å². The molecule has 13 nitrogen and oxygen atoms in total. The summed E-state index contributed by atoms with van der Waals surface area (Å²) in [5.41, 5.74) is 0.539. The van der Waals surface area contributed by atoms with Gasteiger partial charge in [-0.05, 0) is 38.0 Å². The number of nitro groups is 1. The lowest BCUT2D eigenvalue weighted by atomic mass is 9.84. The fraction of sp³-hybridized carbons (Fsp3) is 0.480. The largest absolute Gasteiger partial charge is 0.508 e. The van der Waals surface area contributed by atoms with Crippen LogP contribution in [0.3, 0.4) is 0 Å². The molecule has 0 spiro atoms. The zero-order valence-electron chi connectivity index (χ0n) is 21.6. The second-order valence-electron chi connectivity index (χ2n) is 9.00. The number of nitrogens with zero attached hydrogens (tertiary/aromatic N) is 3. The second-order valence-corrected chi connectivity index (χ2v) is 10.4. The van der Waals surface area contributed by atoms with E-state index in [9.17, 15) is 29.3 Å². The van der Waals surface area contributed by atoms with E-state index >= 15 is 0 Å². The van der Waals surface area contributed by atoms with Crippen molar-refractivity contribution < 1.29 is 38.3 Å². The Labute approximate surface area is 229 Å². The number of ether oxygens (including phenoxy) is 3. The summed E-state index contributed by atoms with van der Waals surface area (Å²) in [5, 5.41) is 13.3. The molecule has 0 radical (unpaired) electrons. The third kappa shape index (κ3) is 8.53. The highest BCUT2D eigenvalue weighted by molar-refractivity contribution is 8.14. The van der Waals surface area contributed by atoms with Crippen LogP contribution < -0.4 is 5.32 Å². The Hall–Kier alpha value is -3.94. The highest BCUT2D eigenvalue weighted by atomic mass is 32.2. The molecule has 1 unspecified atom stereocenters. The summed E-state index contributed by atoms with van der Waals surface area (Å²) in [6.07, 6.45) is -0.242. The first-order chi connectivity index (χ1) is 18.6. The maximum atomic E-state index is 12.7. The van der Waals surface area contributed by atoms with E-state index in [0.29, 0.717) is 30.9 Å². The van der Waals surface area contributed by atoms with E-state index in [2.05, 4.69) is 16.9 Å². The van der Waals surface area contributed by atoms with Crippen molar-refractivity contribution >= 4 is 46.6 Å². The molecule has 0 saturated carbocycles. The zero-order chi connectivity index (χ0) is 28.5. The molecule has 2 saturated heterocycles. The van der Waals surface area contributed by atoms with E-state index in [1.54, 1.807) is 13.8 Å². The number of likely N-dealkylation sites (tertiary alicyclic amines) is 1. The van der Waals surface area contributed by atoms with Crippen molar-refractivity contribution in [3.05, 3.63) is 52.6 Å². The number of non-ortho nitro benzene ring substituents is 1. The highest BCUT2D eigenvalue weighted by Crippen LogP contribution is 2.30. The average Bonchev–Trinajstić information content (AvgIpc) is 3.34. The molecular weight excluding hydrogens is 532 g/mol. The van der Waals surface area contributed by atoms with Crippen LogP contribution in [0.15, 0.2) is 41.9 Å². The second kappa shape index (κ2) is 13.7. The van der Waals surface area contributed by atoms with E-state index in [-0.39, 0.29) is 41.6 Å². The Bertz CT molecular complexity index is 1140. The summed E-state index contributed by atoms with van der Waals surface area (Å²) in [5.74, 6) is -0.474. The van der Waals surface area contributed by atoms with Crippen LogP contribution in [0.5, 0.6) is 0 Å². The number of benzene rings is 1. The number of nitro benzene ring substituents is 1. The number of nitrogens with one attached hydrogen (secondary N) is 1. The van der Waals surface area contributed by atoms with Gasteiger partial charge in [0.15, 0.2) is 5.12 Å².